The highest BCUT2D eigenvalue weighted by Gasteiger charge is 2.10. The normalized spacial score (nSPS) is 11.0. The molecule has 2 aromatic carbocycles. The van der Waals surface area contributed by atoms with Crippen molar-refractivity contribution in [1.82, 2.24) is 9.97 Å². The van der Waals surface area contributed by atoms with E-state index >= 15 is 0 Å². The zero-order valence-electron chi connectivity index (χ0n) is 14.3. The van der Waals surface area contributed by atoms with Gasteiger partial charge in [0.25, 0.3) is 5.91 Å². The number of aromatic nitrogens is 2. The van der Waals surface area contributed by atoms with Gasteiger partial charge in [0.2, 0.25) is 0 Å². The van der Waals surface area contributed by atoms with Gasteiger partial charge >= 0.3 is 11.7 Å². The summed E-state index contributed by atoms with van der Waals surface area (Å²) < 4.78 is 5.53. The average molecular weight is 430 g/mol. The summed E-state index contributed by atoms with van der Waals surface area (Å²) in [6.45, 7) is 1.53. The number of aryl methyl sites for hydroxylation is 1. The van der Waals surface area contributed by atoms with E-state index in [4.69, 9.17) is 4.74 Å². The fourth-order valence-electron chi connectivity index (χ4n) is 2.46. The van der Waals surface area contributed by atoms with E-state index in [1.165, 1.54) is 6.08 Å². The largest absolute Gasteiger partial charge is 0.452 e. The number of benzene rings is 2. The Morgan fingerprint density at radius 1 is 1.19 bits per heavy atom. The van der Waals surface area contributed by atoms with Crippen LogP contribution in [0.3, 0.4) is 0 Å². The summed E-state index contributed by atoms with van der Waals surface area (Å²) in [4.78, 5) is 40.3. The van der Waals surface area contributed by atoms with Crippen molar-refractivity contribution >= 4 is 50.6 Å². The first-order chi connectivity index (χ1) is 12.9. The van der Waals surface area contributed by atoms with Gasteiger partial charge in [0, 0.05) is 10.5 Å². The van der Waals surface area contributed by atoms with Gasteiger partial charge in [-0.25, -0.2) is 9.59 Å². The van der Waals surface area contributed by atoms with Crippen LogP contribution >= 0.6 is 15.9 Å². The molecule has 0 aliphatic carbocycles. The number of anilines is 1. The molecule has 0 aliphatic rings. The fourth-order valence-corrected chi connectivity index (χ4v) is 2.90. The zero-order valence-corrected chi connectivity index (χ0v) is 15.9. The molecule has 0 saturated heterocycles. The highest BCUT2D eigenvalue weighted by molar-refractivity contribution is 9.10. The number of amides is 1. The van der Waals surface area contributed by atoms with Gasteiger partial charge < -0.3 is 20.0 Å². The Labute approximate surface area is 162 Å². The standard InChI is InChI=1S/C19H16BrN3O4/c1-11-3-2-4-12(7-11)5-6-18(25)27-10-17(24)21-14-9-16-15(8-13(14)20)22-19(26)23-16/h2-9H,10H2,1H3,(H,21,24)(H2,22,23,26)/b6-5+. The van der Waals surface area contributed by atoms with Gasteiger partial charge in [-0.05, 0) is 46.6 Å². The van der Waals surface area contributed by atoms with Crippen molar-refractivity contribution < 1.29 is 14.3 Å². The number of rotatable bonds is 5. The number of carbonyl (C=O) groups excluding carboxylic acids is 2. The number of H-pyrrole nitrogens is 2. The van der Waals surface area contributed by atoms with Crippen molar-refractivity contribution in [1.29, 1.82) is 0 Å². The molecular formula is C19H16BrN3O4. The predicted octanol–water partition coefficient (Wildman–Crippen LogP) is 3.12. The van der Waals surface area contributed by atoms with Crippen molar-refractivity contribution in [3.8, 4) is 0 Å². The lowest BCUT2D eigenvalue weighted by atomic mass is 10.1. The van der Waals surface area contributed by atoms with Crippen LogP contribution in [0.15, 0.2) is 51.7 Å². The van der Waals surface area contributed by atoms with Crippen molar-refractivity contribution in [3.63, 3.8) is 0 Å². The van der Waals surface area contributed by atoms with Crippen LogP contribution in [-0.4, -0.2) is 28.5 Å². The van der Waals surface area contributed by atoms with Gasteiger partial charge in [0.1, 0.15) is 0 Å². The Bertz CT molecular complexity index is 1100. The monoisotopic (exact) mass is 429 g/mol. The van der Waals surface area contributed by atoms with E-state index in [-0.39, 0.29) is 5.69 Å². The van der Waals surface area contributed by atoms with Gasteiger partial charge in [0.15, 0.2) is 6.61 Å². The molecule has 0 aliphatic heterocycles. The van der Waals surface area contributed by atoms with Gasteiger partial charge in [-0.3, -0.25) is 4.79 Å². The van der Waals surface area contributed by atoms with Crippen molar-refractivity contribution in [2.45, 2.75) is 6.92 Å². The molecule has 3 N–H and O–H groups in total. The SMILES string of the molecule is Cc1cccc(/C=C/C(=O)OCC(=O)Nc2cc3[nH]c(=O)[nH]c3cc2Br)c1. The van der Waals surface area contributed by atoms with Crippen LogP contribution < -0.4 is 11.0 Å². The number of halogens is 1. The maximum absolute atomic E-state index is 12.0. The second kappa shape index (κ2) is 8.05. The number of ether oxygens (including phenoxy) is 1. The Morgan fingerprint density at radius 3 is 2.67 bits per heavy atom. The number of carbonyl (C=O) groups is 2. The highest BCUT2D eigenvalue weighted by atomic mass is 79.9. The van der Waals surface area contributed by atoms with Crippen LogP contribution in [0.1, 0.15) is 11.1 Å². The predicted molar refractivity (Wildman–Crippen MR) is 106 cm³/mol. The van der Waals surface area contributed by atoms with Crippen molar-refractivity contribution in [2.75, 3.05) is 11.9 Å². The van der Waals surface area contributed by atoms with Crippen LogP contribution in [0.25, 0.3) is 17.1 Å². The summed E-state index contributed by atoms with van der Waals surface area (Å²) in [5.41, 5.74) is 3.23. The molecule has 0 bridgehead atoms. The Morgan fingerprint density at radius 2 is 1.93 bits per heavy atom. The first kappa shape index (κ1) is 18.7. The topological polar surface area (TPSA) is 104 Å². The molecule has 1 aromatic heterocycles. The lowest BCUT2D eigenvalue weighted by Gasteiger charge is -2.07. The molecule has 0 spiro atoms. The number of hydrogen-bond donors (Lipinski definition) is 3. The second-order valence-corrected chi connectivity index (χ2v) is 6.71. The van der Waals surface area contributed by atoms with Gasteiger partial charge in [-0.1, -0.05) is 29.8 Å². The quantitative estimate of drug-likeness (QED) is 0.428. The van der Waals surface area contributed by atoms with Crippen molar-refractivity contribution in [2.24, 2.45) is 0 Å². The van der Waals surface area contributed by atoms with E-state index < -0.39 is 18.5 Å². The fraction of sp³-hybridized carbons (Fsp3) is 0.105. The van der Waals surface area contributed by atoms with E-state index in [2.05, 4.69) is 31.2 Å². The summed E-state index contributed by atoms with van der Waals surface area (Å²) in [7, 11) is 0. The van der Waals surface area contributed by atoms with E-state index in [0.717, 1.165) is 11.1 Å². The van der Waals surface area contributed by atoms with Crippen molar-refractivity contribution in [3.05, 3.63) is 68.6 Å². The molecule has 1 amide bonds. The van der Waals surface area contributed by atoms with Crippen LogP contribution in [0.2, 0.25) is 0 Å². The maximum atomic E-state index is 12.0. The molecule has 27 heavy (non-hydrogen) atoms. The smallest absolute Gasteiger partial charge is 0.331 e. The molecule has 138 valence electrons. The number of nitrogens with one attached hydrogen (secondary N) is 3. The van der Waals surface area contributed by atoms with E-state index in [9.17, 15) is 14.4 Å². The number of fused-ring (bicyclic) bond motifs is 1. The molecule has 0 saturated carbocycles. The molecule has 0 radical (unpaired) electrons. The minimum Gasteiger partial charge on any atom is -0.452 e. The van der Waals surface area contributed by atoms with Gasteiger partial charge in [-0.2, -0.15) is 0 Å². The molecular weight excluding hydrogens is 414 g/mol. The first-order valence-corrected chi connectivity index (χ1v) is 8.83. The summed E-state index contributed by atoms with van der Waals surface area (Å²) in [6, 6.07) is 10.9. The molecule has 7 nitrogen and oxygen atoms in total. The Kier molecular flexibility index (Phi) is 5.56. The third-order valence-electron chi connectivity index (χ3n) is 3.68. The summed E-state index contributed by atoms with van der Waals surface area (Å²) in [5.74, 6) is -1.11. The van der Waals surface area contributed by atoms with Gasteiger partial charge in [-0.15, -0.1) is 0 Å². The maximum Gasteiger partial charge on any atom is 0.331 e. The third kappa shape index (κ3) is 4.95. The minimum absolute atomic E-state index is 0.338. The number of imidazole rings is 1. The second-order valence-electron chi connectivity index (χ2n) is 5.86. The van der Waals surface area contributed by atoms with Crippen LogP contribution in [0.4, 0.5) is 5.69 Å². The van der Waals surface area contributed by atoms with E-state index in [1.54, 1.807) is 18.2 Å². The number of esters is 1. The molecule has 0 atom stereocenters. The van der Waals surface area contributed by atoms with Crippen LogP contribution in [0, 0.1) is 6.92 Å². The molecule has 0 fully saturated rings. The summed E-state index contributed by atoms with van der Waals surface area (Å²) >= 11 is 3.32. The molecule has 0 unspecified atom stereocenters. The Hall–Kier alpha value is -3.13. The molecule has 1 heterocycles. The summed E-state index contributed by atoms with van der Waals surface area (Å²) in [6.07, 6.45) is 2.90. The highest BCUT2D eigenvalue weighted by Crippen LogP contribution is 2.26. The van der Waals surface area contributed by atoms with E-state index in [0.29, 0.717) is 21.2 Å². The number of hydrogen-bond acceptors (Lipinski definition) is 4. The Balaban J connectivity index is 1.57. The average Bonchev–Trinajstić information content (AvgIpc) is 2.97. The summed E-state index contributed by atoms with van der Waals surface area (Å²) in [5, 5.41) is 2.63. The third-order valence-corrected chi connectivity index (χ3v) is 4.33. The first-order valence-electron chi connectivity index (χ1n) is 8.03. The van der Waals surface area contributed by atoms with Gasteiger partial charge in [0.05, 0.1) is 16.7 Å². The van der Waals surface area contributed by atoms with Crippen LogP contribution in [-0.2, 0) is 14.3 Å². The molecule has 8 heteroatoms. The van der Waals surface area contributed by atoms with Crippen LogP contribution in [0.5, 0.6) is 0 Å². The van der Waals surface area contributed by atoms with E-state index in [1.807, 2.05) is 31.2 Å². The lowest BCUT2D eigenvalue weighted by molar-refractivity contribution is -0.142. The molecule has 3 rings (SSSR count). The molecule has 3 aromatic rings. The lowest BCUT2D eigenvalue weighted by Crippen LogP contribution is -2.20. The number of aromatic amines is 2. The minimum atomic E-state index is -0.615. The zero-order chi connectivity index (χ0) is 19.4.